The van der Waals surface area contributed by atoms with Gasteiger partial charge in [-0.05, 0) is 0 Å². The quantitative estimate of drug-likeness (QED) is 0.472. The highest BCUT2D eigenvalue weighted by molar-refractivity contribution is 14.1. The maximum absolute atomic E-state index is 5.18. The number of ether oxygens (including phenoxy) is 1. The van der Waals surface area contributed by atoms with Crippen LogP contribution in [-0.2, 0) is 4.74 Å². The third-order valence-corrected chi connectivity index (χ3v) is 2.23. The molecule has 0 spiro atoms. The van der Waals surface area contributed by atoms with Crippen molar-refractivity contribution < 1.29 is 4.74 Å². The molecule has 2 atom stereocenters. The predicted octanol–water partition coefficient (Wildman–Crippen LogP) is 1.46. The minimum absolute atomic E-state index is 0.570. The van der Waals surface area contributed by atoms with Gasteiger partial charge >= 0.3 is 0 Å². The van der Waals surface area contributed by atoms with Crippen LogP contribution in [0.2, 0.25) is 0 Å². The molecule has 2 unspecified atom stereocenters. The third kappa shape index (κ3) is 1.08. The van der Waals surface area contributed by atoms with Crippen molar-refractivity contribution >= 4 is 22.6 Å². The number of halogens is 1. The largest absolute Gasteiger partial charge is 0.377 e. The van der Waals surface area contributed by atoms with Gasteiger partial charge in [0.15, 0.2) is 0 Å². The number of hydrogen-bond acceptors (Lipinski definition) is 1. The van der Waals surface area contributed by atoms with E-state index in [-0.39, 0.29) is 0 Å². The lowest BCUT2D eigenvalue weighted by Crippen LogP contribution is -2.38. The number of rotatable bonds is 1. The van der Waals surface area contributed by atoms with Crippen LogP contribution in [0.5, 0.6) is 0 Å². The average Bonchev–Trinajstić information content (AvgIpc) is 1.65. The molecular formula is C5H9IO. The van der Waals surface area contributed by atoms with E-state index in [1.165, 1.54) is 0 Å². The summed E-state index contributed by atoms with van der Waals surface area (Å²) in [5.74, 6) is 0.817. The zero-order valence-corrected chi connectivity index (χ0v) is 6.51. The average molecular weight is 212 g/mol. The van der Waals surface area contributed by atoms with Gasteiger partial charge in [-0.3, -0.25) is 0 Å². The molecule has 42 valence electrons. The first-order valence-corrected chi connectivity index (χ1v) is 4.04. The summed E-state index contributed by atoms with van der Waals surface area (Å²) in [4.78, 5) is 0. The molecule has 1 saturated heterocycles. The topological polar surface area (TPSA) is 9.23 Å². The van der Waals surface area contributed by atoms with Crippen molar-refractivity contribution in [1.29, 1.82) is 0 Å². The molecule has 0 aliphatic carbocycles. The first-order valence-electron chi connectivity index (χ1n) is 2.52. The lowest BCUT2D eigenvalue weighted by molar-refractivity contribution is -0.0890. The zero-order valence-electron chi connectivity index (χ0n) is 4.36. The molecule has 0 saturated carbocycles. The van der Waals surface area contributed by atoms with E-state index >= 15 is 0 Å². The van der Waals surface area contributed by atoms with E-state index in [9.17, 15) is 0 Å². The number of alkyl halides is 1. The lowest BCUT2D eigenvalue weighted by Gasteiger charge is -2.32. The Hall–Kier alpha value is 0.690. The molecule has 1 nitrogen and oxygen atoms in total. The minimum Gasteiger partial charge on any atom is -0.377 e. The van der Waals surface area contributed by atoms with Gasteiger partial charge in [0.25, 0.3) is 0 Å². The van der Waals surface area contributed by atoms with Crippen molar-refractivity contribution in [3.8, 4) is 0 Å². The highest BCUT2D eigenvalue weighted by atomic mass is 127. The monoisotopic (exact) mass is 212 g/mol. The van der Waals surface area contributed by atoms with E-state index in [2.05, 4.69) is 29.5 Å². The first-order chi connectivity index (χ1) is 3.34. The summed E-state index contributed by atoms with van der Waals surface area (Å²) < 4.78 is 6.34. The van der Waals surface area contributed by atoms with Crippen LogP contribution in [0, 0.1) is 5.92 Å². The van der Waals surface area contributed by atoms with Crippen LogP contribution < -0.4 is 0 Å². The zero-order chi connectivity index (χ0) is 5.28. The fourth-order valence-corrected chi connectivity index (χ4v) is 1.74. The lowest BCUT2D eigenvalue weighted by atomic mass is 10.0. The summed E-state index contributed by atoms with van der Waals surface area (Å²) in [6.45, 7) is 3.21. The van der Waals surface area contributed by atoms with Crippen molar-refractivity contribution in [2.45, 2.75) is 13.0 Å². The summed E-state index contributed by atoms with van der Waals surface area (Å²) in [6, 6.07) is 0. The molecular weight excluding hydrogens is 203 g/mol. The molecule has 1 heterocycles. The molecule has 7 heavy (non-hydrogen) atoms. The van der Waals surface area contributed by atoms with Crippen LogP contribution >= 0.6 is 22.6 Å². The van der Waals surface area contributed by atoms with Gasteiger partial charge < -0.3 is 4.74 Å². The summed E-state index contributed by atoms with van der Waals surface area (Å²) in [6.07, 6.45) is 0.570. The summed E-state index contributed by atoms with van der Waals surface area (Å²) in [5.41, 5.74) is 0. The molecule has 0 bridgehead atoms. The van der Waals surface area contributed by atoms with E-state index < -0.39 is 0 Å². The molecule has 0 radical (unpaired) electrons. The standard InChI is InChI=1S/C5H9IO/c1-4-3-7-5(4)2-6/h4-5H,2-3H2,1H3. The summed E-state index contributed by atoms with van der Waals surface area (Å²) in [5, 5.41) is 0. The normalized spacial score (nSPS) is 40.3. The summed E-state index contributed by atoms with van der Waals surface area (Å²) in [7, 11) is 0. The van der Waals surface area contributed by atoms with Gasteiger partial charge in [-0.15, -0.1) is 0 Å². The van der Waals surface area contributed by atoms with Crippen LogP contribution in [0.15, 0.2) is 0 Å². The van der Waals surface area contributed by atoms with E-state index in [0.29, 0.717) is 6.10 Å². The molecule has 2 heteroatoms. The second-order valence-electron chi connectivity index (χ2n) is 2.00. The Morgan fingerprint density at radius 3 is 2.57 bits per heavy atom. The van der Waals surface area contributed by atoms with E-state index in [0.717, 1.165) is 17.0 Å². The van der Waals surface area contributed by atoms with E-state index in [4.69, 9.17) is 4.74 Å². The molecule has 1 rings (SSSR count). The van der Waals surface area contributed by atoms with Crippen molar-refractivity contribution in [1.82, 2.24) is 0 Å². The molecule has 0 amide bonds. The van der Waals surface area contributed by atoms with E-state index in [1.807, 2.05) is 0 Å². The molecule has 1 fully saturated rings. The molecule has 0 aromatic carbocycles. The SMILES string of the molecule is CC1COC1CI. The molecule has 0 aromatic rings. The third-order valence-electron chi connectivity index (χ3n) is 1.36. The van der Waals surface area contributed by atoms with Crippen LogP contribution in [0.25, 0.3) is 0 Å². The maximum Gasteiger partial charge on any atom is 0.0712 e. The van der Waals surface area contributed by atoms with E-state index in [1.54, 1.807) is 0 Å². The van der Waals surface area contributed by atoms with Crippen molar-refractivity contribution in [3.05, 3.63) is 0 Å². The van der Waals surface area contributed by atoms with Gasteiger partial charge in [-0.2, -0.15) is 0 Å². The van der Waals surface area contributed by atoms with Gasteiger partial charge in [0.05, 0.1) is 12.7 Å². The second kappa shape index (κ2) is 2.31. The summed E-state index contributed by atoms with van der Waals surface area (Å²) >= 11 is 2.35. The van der Waals surface area contributed by atoms with Crippen LogP contribution in [0.3, 0.4) is 0 Å². The van der Waals surface area contributed by atoms with Crippen molar-refractivity contribution in [2.24, 2.45) is 5.92 Å². The molecule has 0 N–H and O–H groups in total. The van der Waals surface area contributed by atoms with Gasteiger partial charge in [0, 0.05) is 10.3 Å². The molecule has 0 aromatic heterocycles. The number of hydrogen-bond donors (Lipinski definition) is 0. The Morgan fingerprint density at radius 1 is 1.86 bits per heavy atom. The highest BCUT2D eigenvalue weighted by Crippen LogP contribution is 2.20. The van der Waals surface area contributed by atoms with Gasteiger partial charge in [-0.25, -0.2) is 0 Å². The Balaban J connectivity index is 2.16. The fourth-order valence-electron chi connectivity index (χ4n) is 0.621. The molecule has 1 aliphatic heterocycles. The maximum atomic E-state index is 5.18. The predicted molar refractivity (Wildman–Crippen MR) is 37.8 cm³/mol. The second-order valence-corrected chi connectivity index (χ2v) is 2.88. The van der Waals surface area contributed by atoms with Crippen molar-refractivity contribution in [2.75, 3.05) is 11.0 Å². The van der Waals surface area contributed by atoms with Crippen LogP contribution in [0.4, 0.5) is 0 Å². The molecule has 1 aliphatic rings. The van der Waals surface area contributed by atoms with Gasteiger partial charge in [0.1, 0.15) is 0 Å². The first kappa shape index (κ1) is 5.82. The Bertz CT molecular complexity index is 63.1. The highest BCUT2D eigenvalue weighted by Gasteiger charge is 2.25. The fraction of sp³-hybridized carbons (Fsp3) is 1.00. The van der Waals surface area contributed by atoms with Crippen LogP contribution in [0.1, 0.15) is 6.92 Å². The van der Waals surface area contributed by atoms with Gasteiger partial charge in [-0.1, -0.05) is 29.5 Å². The van der Waals surface area contributed by atoms with Crippen molar-refractivity contribution in [3.63, 3.8) is 0 Å². The minimum atomic E-state index is 0.570. The Kier molecular flexibility index (Phi) is 1.92. The van der Waals surface area contributed by atoms with Gasteiger partial charge in [0.2, 0.25) is 0 Å². The Morgan fingerprint density at radius 2 is 2.57 bits per heavy atom. The smallest absolute Gasteiger partial charge is 0.0712 e. The van der Waals surface area contributed by atoms with Crippen LogP contribution in [-0.4, -0.2) is 17.1 Å². The Labute approximate surface area is 57.6 Å².